The van der Waals surface area contributed by atoms with Gasteiger partial charge in [0.15, 0.2) is 0 Å². The summed E-state index contributed by atoms with van der Waals surface area (Å²) < 4.78 is 0. The molecular formula is C17H30BN2O3. The Balaban J connectivity index is 2.89. The molecule has 0 amide bonds. The second kappa shape index (κ2) is 7.71. The Hall–Kier alpha value is -1.01. The largest absolute Gasteiger partial charge is 0.342 e. The van der Waals surface area contributed by atoms with Gasteiger partial charge in [-0.05, 0) is 59.9 Å². The summed E-state index contributed by atoms with van der Waals surface area (Å²) in [6.45, 7) is 11.5. The van der Waals surface area contributed by atoms with Gasteiger partial charge in [-0.3, -0.25) is 14.5 Å². The summed E-state index contributed by atoms with van der Waals surface area (Å²) in [6, 6.07) is -0.178. The van der Waals surface area contributed by atoms with Crippen molar-refractivity contribution in [2.24, 2.45) is 0 Å². The molecule has 1 fully saturated rings. The number of nitrogens with one attached hydrogen (secondary N) is 1. The van der Waals surface area contributed by atoms with Gasteiger partial charge < -0.3 is 10.0 Å². The minimum Gasteiger partial charge on any atom is -0.342 e. The van der Waals surface area contributed by atoms with Crippen LogP contribution in [-0.4, -0.2) is 53.2 Å². The SMILES string of the molecule is CCC(C)(N[B]C(=O)C(C)(CC)N1CCCC1C(C)=O)C(C)=O. The first kappa shape index (κ1) is 20.0. The molecule has 1 N–H and O–H groups in total. The van der Waals surface area contributed by atoms with Crippen LogP contribution in [0.1, 0.15) is 67.2 Å². The van der Waals surface area contributed by atoms with Crippen LogP contribution in [0.3, 0.4) is 0 Å². The van der Waals surface area contributed by atoms with Crippen molar-refractivity contribution in [3.8, 4) is 0 Å². The standard InChI is InChI=1S/C17H30BN2O3/c1-7-16(5,13(4)22)19-18-15(23)17(6,8-2)20-11-9-10-14(20)12(3)21/h14,19H,7-11H2,1-6H3. The van der Waals surface area contributed by atoms with E-state index in [0.29, 0.717) is 12.8 Å². The topological polar surface area (TPSA) is 66.5 Å². The van der Waals surface area contributed by atoms with Gasteiger partial charge in [-0.1, -0.05) is 13.8 Å². The van der Waals surface area contributed by atoms with Crippen LogP contribution < -0.4 is 5.23 Å². The number of hydrogen-bond donors (Lipinski definition) is 1. The molecule has 3 unspecified atom stereocenters. The lowest BCUT2D eigenvalue weighted by molar-refractivity contribution is -0.129. The fraction of sp³-hybridized carbons (Fsp3) is 0.824. The molecular weight excluding hydrogens is 291 g/mol. The first-order chi connectivity index (χ1) is 10.6. The minimum atomic E-state index is -0.727. The molecule has 0 aromatic rings. The molecule has 3 atom stereocenters. The van der Waals surface area contributed by atoms with Crippen LogP contribution in [0.25, 0.3) is 0 Å². The van der Waals surface area contributed by atoms with Gasteiger partial charge in [0.2, 0.25) is 0 Å². The molecule has 0 aliphatic carbocycles. The third-order valence-corrected chi connectivity index (χ3v) is 5.58. The van der Waals surface area contributed by atoms with Crippen molar-refractivity contribution in [2.45, 2.75) is 84.3 Å². The van der Waals surface area contributed by atoms with Crippen molar-refractivity contribution in [1.82, 2.24) is 10.1 Å². The van der Waals surface area contributed by atoms with E-state index in [1.54, 1.807) is 13.8 Å². The van der Waals surface area contributed by atoms with E-state index in [1.807, 2.05) is 25.7 Å². The van der Waals surface area contributed by atoms with Crippen LogP contribution in [-0.2, 0) is 14.4 Å². The van der Waals surface area contributed by atoms with Crippen molar-refractivity contribution in [3.05, 3.63) is 0 Å². The molecule has 1 aliphatic heterocycles. The maximum atomic E-state index is 12.9. The Kier molecular flexibility index (Phi) is 6.72. The second-order valence-electron chi connectivity index (χ2n) is 6.98. The highest BCUT2D eigenvalue weighted by molar-refractivity contribution is 6.74. The van der Waals surface area contributed by atoms with E-state index in [2.05, 4.69) is 5.23 Å². The van der Waals surface area contributed by atoms with Gasteiger partial charge in [-0.2, -0.15) is 0 Å². The fourth-order valence-electron chi connectivity index (χ4n) is 3.13. The molecule has 129 valence electrons. The molecule has 23 heavy (non-hydrogen) atoms. The zero-order valence-electron chi connectivity index (χ0n) is 15.4. The van der Waals surface area contributed by atoms with Gasteiger partial charge >= 0.3 is 0 Å². The van der Waals surface area contributed by atoms with Crippen LogP contribution in [0.4, 0.5) is 0 Å². The maximum absolute atomic E-state index is 12.9. The van der Waals surface area contributed by atoms with E-state index in [9.17, 15) is 14.4 Å². The molecule has 1 radical (unpaired) electrons. The molecule has 6 heteroatoms. The number of Topliss-reactive ketones (excluding diaryl/α,β-unsaturated/α-hetero) is 2. The van der Waals surface area contributed by atoms with Crippen LogP contribution in [0, 0.1) is 0 Å². The van der Waals surface area contributed by atoms with E-state index >= 15 is 0 Å². The Bertz CT molecular complexity index is 482. The number of ketones is 2. The summed E-state index contributed by atoms with van der Waals surface area (Å²) in [5.41, 5.74) is -1.52. The first-order valence-electron chi connectivity index (χ1n) is 8.56. The van der Waals surface area contributed by atoms with Crippen LogP contribution in [0.2, 0.25) is 0 Å². The third-order valence-electron chi connectivity index (χ3n) is 5.58. The zero-order chi connectivity index (χ0) is 17.8. The summed E-state index contributed by atoms with van der Waals surface area (Å²) in [4.78, 5) is 38.5. The lowest BCUT2D eigenvalue weighted by Crippen LogP contribution is -2.61. The Labute approximate surface area is 140 Å². The molecule has 1 aliphatic rings. The third kappa shape index (κ3) is 4.10. The predicted octanol–water partition coefficient (Wildman–Crippen LogP) is 1.70. The number of carbonyl (C=O) groups excluding carboxylic acids is 3. The van der Waals surface area contributed by atoms with Gasteiger partial charge in [0.1, 0.15) is 17.2 Å². The maximum Gasteiger partial charge on any atom is 0.298 e. The normalized spacial score (nSPS) is 23.8. The van der Waals surface area contributed by atoms with Crippen LogP contribution in [0.5, 0.6) is 0 Å². The summed E-state index contributed by atoms with van der Waals surface area (Å²) >= 11 is 0. The van der Waals surface area contributed by atoms with Gasteiger partial charge in [0.05, 0.1) is 17.1 Å². The highest BCUT2D eigenvalue weighted by Gasteiger charge is 2.45. The van der Waals surface area contributed by atoms with Crippen molar-refractivity contribution < 1.29 is 14.4 Å². The Morgan fingerprint density at radius 2 is 1.78 bits per heavy atom. The van der Waals surface area contributed by atoms with E-state index in [0.717, 1.165) is 19.4 Å². The van der Waals surface area contributed by atoms with Crippen molar-refractivity contribution >= 4 is 24.7 Å². The molecule has 1 rings (SSSR count). The van der Waals surface area contributed by atoms with Crippen molar-refractivity contribution in [3.63, 3.8) is 0 Å². The van der Waals surface area contributed by atoms with E-state index in [1.165, 1.54) is 14.3 Å². The van der Waals surface area contributed by atoms with Gasteiger partial charge in [0, 0.05) is 0 Å². The van der Waals surface area contributed by atoms with Gasteiger partial charge in [-0.25, -0.2) is 0 Å². The van der Waals surface area contributed by atoms with E-state index in [4.69, 9.17) is 0 Å². The van der Waals surface area contributed by atoms with E-state index in [-0.39, 0.29) is 23.3 Å². The Morgan fingerprint density at radius 3 is 2.22 bits per heavy atom. The highest BCUT2D eigenvalue weighted by atomic mass is 16.1. The molecule has 5 nitrogen and oxygen atoms in total. The predicted molar refractivity (Wildman–Crippen MR) is 92.4 cm³/mol. The van der Waals surface area contributed by atoms with Crippen molar-refractivity contribution in [2.75, 3.05) is 6.54 Å². The number of hydrogen-bond acceptors (Lipinski definition) is 5. The summed E-state index contributed by atoms with van der Waals surface area (Å²) in [6.07, 6.45) is 2.97. The molecule has 0 aromatic heterocycles. The molecule has 0 saturated carbocycles. The van der Waals surface area contributed by atoms with E-state index < -0.39 is 11.1 Å². The fourth-order valence-corrected chi connectivity index (χ4v) is 3.13. The van der Waals surface area contributed by atoms with Gasteiger partial charge in [0.25, 0.3) is 7.41 Å². The minimum absolute atomic E-state index is 0.00466. The molecule has 0 aromatic carbocycles. The summed E-state index contributed by atoms with van der Waals surface area (Å²) in [5.74, 6) is 0.120. The molecule has 1 heterocycles. The number of carbonyl (C=O) groups is 3. The molecule has 0 spiro atoms. The lowest BCUT2D eigenvalue weighted by atomic mass is 9.70. The van der Waals surface area contributed by atoms with Gasteiger partial charge in [-0.15, -0.1) is 0 Å². The number of nitrogens with zero attached hydrogens (tertiary/aromatic N) is 1. The monoisotopic (exact) mass is 321 g/mol. The Morgan fingerprint density at radius 1 is 1.17 bits per heavy atom. The quantitative estimate of drug-likeness (QED) is 0.655. The zero-order valence-corrected chi connectivity index (χ0v) is 15.4. The lowest BCUT2D eigenvalue weighted by Gasteiger charge is -2.40. The average Bonchev–Trinajstić information content (AvgIpc) is 3.01. The molecule has 0 bridgehead atoms. The van der Waals surface area contributed by atoms with Crippen LogP contribution >= 0.6 is 0 Å². The number of likely N-dealkylation sites (tertiary alicyclic amines) is 1. The average molecular weight is 321 g/mol. The smallest absolute Gasteiger partial charge is 0.298 e. The second-order valence-corrected chi connectivity index (χ2v) is 6.98. The first-order valence-corrected chi connectivity index (χ1v) is 8.56. The van der Waals surface area contributed by atoms with Crippen LogP contribution in [0.15, 0.2) is 0 Å². The molecule has 1 saturated heterocycles. The number of rotatable bonds is 9. The summed E-state index contributed by atoms with van der Waals surface area (Å²) in [7, 11) is 1.43. The van der Waals surface area contributed by atoms with Crippen molar-refractivity contribution in [1.29, 1.82) is 0 Å². The summed E-state index contributed by atoms with van der Waals surface area (Å²) in [5, 5.41) is 3.02. The highest BCUT2D eigenvalue weighted by Crippen LogP contribution is 2.30.